The van der Waals surface area contributed by atoms with Crippen LogP contribution in [0.15, 0.2) is 30.3 Å². The summed E-state index contributed by atoms with van der Waals surface area (Å²) >= 11 is 0. The van der Waals surface area contributed by atoms with Gasteiger partial charge in [-0.2, -0.15) is 0 Å². The SMILES string of the molecule is CCC(CC)C(CNC(=O)C1CNNC1c1ccccc1)N1CCOCC1. The van der Waals surface area contributed by atoms with Gasteiger partial charge in [0.05, 0.1) is 25.2 Å². The largest absolute Gasteiger partial charge is 0.379 e. The first kappa shape index (κ1) is 20.3. The van der Waals surface area contributed by atoms with Crippen molar-refractivity contribution in [3.8, 4) is 0 Å². The lowest BCUT2D eigenvalue weighted by atomic mass is 9.91. The minimum absolute atomic E-state index is 0.0150. The molecule has 27 heavy (non-hydrogen) atoms. The first-order valence-corrected chi connectivity index (χ1v) is 10.4. The van der Waals surface area contributed by atoms with Gasteiger partial charge in [0, 0.05) is 32.2 Å². The predicted octanol–water partition coefficient (Wildman–Crippen LogP) is 1.70. The summed E-state index contributed by atoms with van der Waals surface area (Å²) in [7, 11) is 0. The Balaban J connectivity index is 1.62. The fraction of sp³-hybridized carbons (Fsp3) is 0.667. The molecule has 3 rings (SSSR count). The van der Waals surface area contributed by atoms with Crippen LogP contribution in [0.25, 0.3) is 0 Å². The molecule has 0 radical (unpaired) electrons. The Hall–Kier alpha value is -1.47. The molecule has 2 aliphatic heterocycles. The lowest BCUT2D eigenvalue weighted by Gasteiger charge is -2.39. The van der Waals surface area contributed by atoms with Gasteiger partial charge in [-0.15, -0.1) is 0 Å². The van der Waals surface area contributed by atoms with Gasteiger partial charge in [-0.3, -0.25) is 15.1 Å². The number of ether oxygens (including phenoxy) is 1. The molecule has 150 valence electrons. The number of rotatable bonds is 8. The first-order valence-electron chi connectivity index (χ1n) is 10.4. The van der Waals surface area contributed by atoms with E-state index < -0.39 is 0 Å². The van der Waals surface area contributed by atoms with Crippen molar-refractivity contribution in [2.75, 3.05) is 39.4 Å². The monoisotopic (exact) mass is 374 g/mol. The third-order valence-electron chi connectivity index (χ3n) is 6.07. The normalized spacial score (nSPS) is 24.9. The highest BCUT2D eigenvalue weighted by atomic mass is 16.5. The van der Waals surface area contributed by atoms with Crippen LogP contribution >= 0.6 is 0 Å². The molecule has 2 heterocycles. The van der Waals surface area contributed by atoms with E-state index in [1.165, 1.54) is 0 Å². The van der Waals surface area contributed by atoms with Gasteiger partial charge in [0.15, 0.2) is 0 Å². The van der Waals surface area contributed by atoms with Crippen molar-refractivity contribution in [3.05, 3.63) is 35.9 Å². The van der Waals surface area contributed by atoms with E-state index in [0.717, 1.165) is 44.7 Å². The first-order chi connectivity index (χ1) is 13.2. The van der Waals surface area contributed by atoms with E-state index in [4.69, 9.17) is 4.74 Å². The molecule has 3 atom stereocenters. The molecule has 3 unspecified atom stereocenters. The van der Waals surface area contributed by atoms with Crippen LogP contribution in [-0.4, -0.2) is 56.2 Å². The van der Waals surface area contributed by atoms with E-state index in [0.29, 0.717) is 25.0 Å². The molecule has 0 aromatic heterocycles. The molecule has 0 aliphatic carbocycles. The molecular formula is C21H34N4O2. The molecule has 1 amide bonds. The number of carbonyl (C=O) groups is 1. The summed E-state index contributed by atoms with van der Waals surface area (Å²) < 4.78 is 5.52. The lowest BCUT2D eigenvalue weighted by molar-refractivity contribution is -0.125. The van der Waals surface area contributed by atoms with Crippen molar-refractivity contribution < 1.29 is 9.53 Å². The van der Waals surface area contributed by atoms with Crippen molar-refractivity contribution >= 4 is 5.91 Å². The van der Waals surface area contributed by atoms with Crippen molar-refractivity contribution in [3.63, 3.8) is 0 Å². The smallest absolute Gasteiger partial charge is 0.226 e. The molecule has 0 spiro atoms. The van der Waals surface area contributed by atoms with Crippen LogP contribution in [-0.2, 0) is 9.53 Å². The Morgan fingerprint density at radius 3 is 2.59 bits per heavy atom. The number of morpholine rings is 1. The highest BCUT2D eigenvalue weighted by molar-refractivity contribution is 5.80. The van der Waals surface area contributed by atoms with E-state index >= 15 is 0 Å². The zero-order chi connectivity index (χ0) is 19.1. The molecule has 3 N–H and O–H groups in total. The molecular weight excluding hydrogens is 340 g/mol. The number of nitrogens with one attached hydrogen (secondary N) is 3. The topological polar surface area (TPSA) is 65.6 Å². The van der Waals surface area contributed by atoms with Gasteiger partial charge in [0.2, 0.25) is 5.91 Å². The summed E-state index contributed by atoms with van der Waals surface area (Å²) in [6.07, 6.45) is 2.27. The van der Waals surface area contributed by atoms with Crippen LogP contribution in [0, 0.1) is 11.8 Å². The lowest BCUT2D eigenvalue weighted by Crippen LogP contribution is -2.52. The molecule has 2 saturated heterocycles. The zero-order valence-electron chi connectivity index (χ0n) is 16.6. The number of benzene rings is 1. The van der Waals surface area contributed by atoms with Gasteiger partial charge < -0.3 is 10.1 Å². The van der Waals surface area contributed by atoms with Crippen LogP contribution in [0.1, 0.15) is 38.3 Å². The summed E-state index contributed by atoms with van der Waals surface area (Å²) in [4.78, 5) is 15.5. The van der Waals surface area contributed by atoms with Gasteiger partial charge in [-0.25, -0.2) is 5.43 Å². The Morgan fingerprint density at radius 1 is 1.22 bits per heavy atom. The van der Waals surface area contributed by atoms with Crippen molar-refractivity contribution in [2.24, 2.45) is 11.8 Å². The van der Waals surface area contributed by atoms with Gasteiger partial charge in [-0.05, 0) is 11.5 Å². The molecule has 1 aromatic rings. The van der Waals surface area contributed by atoms with Crippen LogP contribution in [0.2, 0.25) is 0 Å². The van der Waals surface area contributed by atoms with Gasteiger partial charge in [0.25, 0.3) is 0 Å². The summed E-state index contributed by atoms with van der Waals surface area (Å²) in [5.74, 6) is 0.623. The zero-order valence-corrected chi connectivity index (χ0v) is 16.6. The van der Waals surface area contributed by atoms with Crippen LogP contribution in [0.5, 0.6) is 0 Å². The molecule has 2 aliphatic rings. The second kappa shape index (κ2) is 10.2. The Labute approximate surface area is 163 Å². The van der Waals surface area contributed by atoms with Gasteiger partial charge in [-0.1, -0.05) is 57.0 Å². The number of hydrogen-bond donors (Lipinski definition) is 3. The third kappa shape index (κ3) is 5.08. The number of amides is 1. The fourth-order valence-electron chi connectivity index (χ4n) is 4.39. The Kier molecular flexibility index (Phi) is 7.64. The number of nitrogens with zero attached hydrogens (tertiary/aromatic N) is 1. The highest BCUT2D eigenvalue weighted by Crippen LogP contribution is 2.25. The summed E-state index contributed by atoms with van der Waals surface area (Å²) in [5, 5.41) is 3.27. The van der Waals surface area contributed by atoms with E-state index in [2.05, 4.69) is 47.0 Å². The van der Waals surface area contributed by atoms with Crippen molar-refractivity contribution in [2.45, 2.75) is 38.8 Å². The van der Waals surface area contributed by atoms with E-state index in [9.17, 15) is 4.79 Å². The average Bonchev–Trinajstić information content (AvgIpc) is 3.22. The number of carbonyl (C=O) groups excluding carboxylic acids is 1. The maximum Gasteiger partial charge on any atom is 0.226 e. The minimum atomic E-state index is -0.0977. The van der Waals surface area contributed by atoms with Gasteiger partial charge >= 0.3 is 0 Å². The maximum absolute atomic E-state index is 13.0. The fourth-order valence-corrected chi connectivity index (χ4v) is 4.39. The van der Waals surface area contributed by atoms with E-state index in [1.807, 2.05) is 18.2 Å². The second-order valence-corrected chi connectivity index (χ2v) is 7.56. The van der Waals surface area contributed by atoms with E-state index in [1.54, 1.807) is 0 Å². The summed E-state index contributed by atoms with van der Waals surface area (Å²) in [5.41, 5.74) is 7.57. The molecule has 0 saturated carbocycles. The van der Waals surface area contributed by atoms with Gasteiger partial charge in [0.1, 0.15) is 0 Å². The number of hydrazine groups is 1. The molecule has 0 bridgehead atoms. The predicted molar refractivity (Wildman–Crippen MR) is 107 cm³/mol. The summed E-state index contributed by atoms with van der Waals surface area (Å²) in [6, 6.07) is 10.6. The van der Waals surface area contributed by atoms with E-state index in [-0.39, 0.29) is 17.9 Å². The van der Waals surface area contributed by atoms with Crippen molar-refractivity contribution in [1.29, 1.82) is 0 Å². The number of hydrogen-bond acceptors (Lipinski definition) is 5. The Morgan fingerprint density at radius 2 is 1.93 bits per heavy atom. The molecule has 6 nitrogen and oxygen atoms in total. The average molecular weight is 375 g/mol. The van der Waals surface area contributed by atoms with Crippen molar-refractivity contribution in [1.82, 2.24) is 21.1 Å². The van der Waals surface area contributed by atoms with Crippen LogP contribution in [0.4, 0.5) is 0 Å². The van der Waals surface area contributed by atoms with Crippen LogP contribution in [0.3, 0.4) is 0 Å². The highest BCUT2D eigenvalue weighted by Gasteiger charge is 2.35. The van der Waals surface area contributed by atoms with Crippen LogP contribution < -0.4 is 16.2 Å². The molecule has 6 heteroatoms. The Bertz CT molecular complexity index is 573. The standard InChI is InChI=1S/C21H34N4O2/c1-3-16(4-2)19(25-10-12-27-13-11-25)15-22-21(26)18-14-23-24-20(18)17-8-6-5-7-9-17/h5-9,16,18-20,23-24H,3-4,10-15H2,1-2H3,(H,22,26). The molecule has 1 aromatic carbocycles. The minimum Gasteiger partial charge on any atom is -0.379 e. The summed E-state index contributed by atoms with van der Waals surface area (Å²) in [6.45, 7) is 9.35. The second-order valence-electron chi connectivity index (χ2n) is 7.56. The third-order valence-corrected chi connectivity index (χ3v) is 6.07. The quantitative estimate of drug-likeness (QED) is 0.646. The molecule has 2 fully saturated rings. The maximum atomic E-state index is 13.0.